The average Bonchev–Trinajstić information content (AvgIpc) is 2.38. The lowest BCUT2D eigenvalue weighted by Gasteiger charge is -2.07. The largest absolute Gasteiger partial charge is 0.346 e. The van der Waals surface area contributed by atoms with Crippen LogP contribution < -0.4 is 5.32 Å². The van der Waals surface area contributed by atoms with E-state index in [9.17, 15) is 4.79 Å². The van der Waals surface area contributed by atoms with Crippen LogP contribution >= 0.6 is 11.6 Å². The van der Waals surface area contributed by atoms with Gasteiger partial charge in [0.25, 0.3) is 5.91 Å². The van der Waals surface area contributed by atoms with E-state index in [0.717, 1.165) is 11.3 Å². The summed E-state index contributed by atoms with van der Waals surface area (Å²) in [5.74, 6) is -0.252. The predicted molar refractivity (Wildman–Crippen MR) is 69.4 cm³/mol. The molecule has 0 saturated carbocycles. The first-order valence-electron chi connectivity index (χ1n) is 5.47. The van der Waals surface area contributed by atoms with Crippen LogP contribution in [0.5, 0.6) is 0 Å². The molecule has 1 N–H and O–H groups in total. The summed E-state index contributed by atoms with van der Waals surface area (Å²) in [4.78, 5) is 20.0. The number of aryl methyl sites for hydroxylation is 1. The molecule has 0 aliphatic rings. The highest BCUT2D eigenvalue weighted by molar-refractivity contribution is 6.32. The van der Waals surface area contributed by atoms with Crippen molar-refractivity contribution in [1.82, 2.24) is 15.3 Å². The lowest BCUT2D eigenvalue weighted by molar-refractivity contribution is 0.0950. The van der Waals surface area contributed by atoms with Crippen LogP contribution in [0.15, 0.2) is 36.7 Å². The van der Waals surface area contributed by atoms with Crippen molar-refractivity contribution in [2.45, 2.75) is 13.5 Å². The molecule has 0 unspecified atom stereocenters. The summed E-state index contributed by atoms with van der Waals surface area (Å²) in [7, 11) is 0. The molecule has 92 valence electrons. The summed E-state index contributed by atoms with van der Waals surface area (Å²) < 4.78 is 0. The van der Waals surface area contributed by atoms with Gasteiger partial charge in [0.05, 0.1) is 17.8 Å². The maximum absolute atomic E-state index is 11.9. The Kier molecular flexibility index (Phi) is 3.89. The van der Waals surface area contributed by atoms with Crippen LogP contribution in [0.4, 0.5) is 0 Å². The molecule has 0 aromatic carbocycles. The Morgan fingerprint density at radius 1 is 1.28 bits per heavy atom. The number of hydrogen-bond acceptors (Lipinski definition) is 3. The number of amides is 1. The van der Waals surface area contributed by atoms with Gasteiger partial charge >= 0.3 is 0 Å². The number of rotatable bonds is 3. The molecule has 18 heavy (non-hydrogen) atoms. The van der Waals surface area contributed by atoms with Crippen molar-refractivity contribution in [3.05, 3.63) is 58.6 Å². The van der Waals surface area contributed by atoms with E-state index >= 15 is 0 Å². The van der Waals surface area contributed by atoms with Crippen LogP contribution in [0.25, 0.3) is 0 Å². The van der Waals surface area contributed by atoms with Gasteiger partial charge in [-0.2, -0.15) is 0 Å². The van der Waals surface area contributed by atoms with Gasteiger partial charge in [0.1, 0.15) is 5.15 Å². The van der Waals surface area contributed by atoms with Gasteiger partial charge in [-0.05, 0) is 30.7 Å². The molecule has 2 rings (SSSR count). The summed E-state index contributed by atoms with van der Waals surface area (Å²) in [6.07, 6.45) is 3.24. The second-order valence-corrected chi connectivity index (χ2v) is 4.15. The number of nitrogens with one attached hydrogen (secondary N) is 1. The lowest BCUT2D eigenvalue weighted by Crippen LogP contribution is -2.24. The van der Waals surface area contributed by atoms with Crippen molar-refractivity contribution < 1.29 is 4.79 Å². The van der Waals surface area contributed by atoms with Gasteiger partial charge in [-0.1, -0.05) is 17.7 Å². The first kappa shape index (κ1) is 12.5. The van der Waals surface area contributed by atoms with Crippen molar-refractivity contribution in [1.29, 1.82) is 0 Å². The molecule has 0 atom stereocenters. The minimum absolute atomic E-state index is 0.202. The smallest absolute Gasteiger partial charge is 0.254 e. The van der Waals surface area contributed by atoms with Gasteiger partial charge in [-0.3, -0.25) is 9.78 Å². The highest BCUT2D eigenvalue weighted by atomic mass is 35.5. The van der Waals surface area contributed by atoms with Gasteiger partial charge in [0.15, 0.2) is 0 Å². The van der Waals surface area contributed by atoms with Gasteiger partial charge in [-0.25, -0.2) is 4.98 Å². The second kappa shape index (κ2) is 5.60. The van der Waals surface area contributed by atoms with Gasteiger partial charge in [0.2, 0.25) is 0 Å². The third kappa shape index (κ3) is 2.84. The summed E-state index contributed by atoms with van der Waals surface area (Å²) >= 11 is 5.84. The highest BCUT2D eigenvalue weighted by Gasteiger charge is 2.10. The molecule has 0 radical (unpaired) electrons. The average molecular weight is 262 g/mol. The topological polar surface area (TPSA) is 54.9 Å². The first-order chi connectivity index (χ1) is 8.68. The Labute approximate surface area is 110 Å². The molecule has 0 saturated heterocycles. The van der Waals surface area contributed by atoms with Crippen LogP contribution in [0.2, 0.25) is 5.15 Å². The van der Waals surface area contributed by atoms with Crippen molar-refractivity contribution in [2.75, 3.05) is 0 Å². The van der Waals surface area contributed by atoms with Crippen molar-refractivity contribution in [2.24, 2.45) is 0 Å². The Morgan fingerprint density at radius 3 is 2.72 bits per heavy atom. The van der Waals surface area contributed by atoms with Gasteiger partial charge < -0.3 is 5.32 Å². The third-order valence-electron chi connectivity index (χ3n) is 2.54. The van der Waals surface area contributed by atoms with E-state index < -0.39 is 0 Å². The number of nitrogens with zero attached hydrogens (tertiary/aromatic N) is 2. The Morgan fingerprint density at radius 2 is 2.00 bits per heavy atom. The van der Waals surface area contributed by atoms with Crippen LogP contribution in [0.1, 0.15) is 21.6 Å². The standard InChI is InChI=1S/C13H12ClN3O/c1-9-4-2-6-15-11(9)8-17-13(18)10-5-3-7-16-12(10)14/h2-7H,8H2,1H3,(H,17,18). The predicted octanol–water partition coefficient (Wildman–Crippen LogP) is 2.37. The van der Waals surface area contributed by atoms with Crippen molar-refractivity contribution in [3.63, 3.8) is 0 Å². The fourth-order valence-corrected chi connectivity index (χ4v) is 1.72. The monoisotopic (exact) mass is 261 g/mol. The maximum atomic E-state index is 11.9. The minimum atomic E-state index is -0.252. The summed E-state index contributed by atoms with van der Waals surface area (Å²) in [6.45, 7) is 2.32. The summed E-state index contributed by atoms with van der Waals surface area (Å²) in [6, 6.07) is 7.12. The van der Waals surface area contributed by atoms with E-state index in [1.807, 2.05) is 19.1 Å². The van der Waals surface area contributed by atoms with E-state index in [4.69, 9.17) is 11.6 Å². The molecule has 1 amide bonds. The van der Waals surface area contributed by atoms with E-state index in [2.05, 4.69) is 15.3 Å². The molecular weight excluding hydrogens is 250 g/mol. The second-order valence-electron chi connectivity index (χ2n) is 3.79. The Hall–Kier alpha value is -1.94. The maximum Gasteiger partial charge on any atom is 0.254 e. The molecule has 5 heteroatoms. The molecule has 2 aromatic heterocycles. The Balaban J connectivity index is 2.06. The van der Waals surface area contributed by atoms with E-state index in [1.165, 1.54) is 0 Å². The molecule has 4 nitrogen and oxygen atoms in total. The zero-order chi connectivity index (χ0) is 13.0. The number of halogens is 1. The molecule has 2 heterocycles. The lowest BCUT2D eigenvalue weighted by atomic mass is 10.2. The molecule has 0 aliphatic heterocycles. The van der Waals surface area contributed by atoms with Crippen LogP contribution in [0.3, 0.4) is 0 Å². The van der Waals surface area contributed by atoms with E-state index in [0.29, 0.717) is 12.1 Å². The number of pyridine rings is 2. The van der Waals surface area contributed by atoms with Crippen molar-refractivity contribution >= 4 is 17.5 Å². The molecule has 0 aliphatic carbocycles. The number of carbonyl (C=O) groups excluding carboxylic acids is 1. The van der Waals surface area contributed by atoms with Crippen molar-refractivity contribution in [3.8, 4) is 0 Å². The van der Waals surface area contributed by atoms with Crippen LogP contribution in [-0.4, -0.2) is 15.9 Å². The van der Waals surface area contributed by atoms with E-state index in [1.54, 1.807) is 24.5 Å². The molecule has 0 spiro atoms. The Bertz CT molecular complexity index is 572. The third-order valence-corrected chi connectivity index (χ3v) is 2.84. The zero-order valence-electron chi connectivity index (χ0n) is 9.85. The van der Waals surface area contributed by atoms with Gasteiger partial charge in [-0.15, -0.1) is 0 Å². The number of aromatic nitrogens is 2. The number of carbonyl (C=O) groups is 1. The summed E-state index contributed by atoms with van der Waals surface area (Å²) in [5.41, 5.74) is 2.24. The normalized spacial score (nSPS) is 10.1. The van der Waals surface area contributed by atoms with Crippen LogP contribution in [-0.2, 0) is 6.54 Å². The fraction of sp³-hybridized carbons (Fsp3) is 0.154. The fourth-order valence-electron chi connectivity index (χ4n) is 1.52. The first-order valence-corrected chi connectivity index (χ1v) is 5.85. The number of hydrogen-bond donors (Lipinski definition) is 1. The van der Waals surface area contributed by atoms with Gasteiger partial charge in [0, 0.05) is 12.4 Å². The minimum Gasteiger partial charge on any atom is -0.346 e. The van der Waals surface area contributed by atoms with E-state index in [-0.39, 0.29) is 11.1 Å². The molecular formula is C13H12ClN3O. The van der Waals surface area contributed by atoms with Crippen LogP contribution in [0, 0.1) is 6.92 Å². The molecule has 0 bridgehead atoms. The summed E-state index contributed by atoms with van der Waals surface area (Å²) in [5, 5.41) is 2.97. The molecule has 2 aromatic rings. The highest BCUT2D eigenvalue weighted by Crippen LogP contribution is 2.11. The quantitative estimate of drug-likeness (QED) is 0.863. The SMILES string of the molecule is Cc1cccnc1CNC(=O)c1cccnc1Cl. The molecule has 0 fully saturated rings. The zero-order valence-corrected chi connectivity index (χ0v) is 10.6.